The normalized spacial score (nSPS) is 27.9. The minimum Gasteiger partial charge on any atom is -0.414 e. The molecule has 0 radical (unpaired) electrons. The van der Waals surface area contributed by atoms with Gasteiger partial charge in [-0.25, -0.2) is 4.79 Å². The molecular weight excluding hydrogens is 536 g/mol. The first-order chi connectivity index (χ1) is 15.2. The SMILES string of the molecule is CC(C)(C)[Si](C)(C)OC[C@H]1O[C@]2(C(Br)=Cc3cc(=O)[nH]c(=O)n32)[C@@H](O)[C@@H]1O[Si](C)(C)C(C)(C)C. The van der Waals surface area contributed by atoms with E-state index in [1.807, 2.05) is 0 Å². The van der Waals surface area contributed by atoms with Crippen LogP contribution in [0.15, 0.2) is 20.1 Å². The highest BCUT2D eigenvalue weighted by atomic mass is 79.9. The van der Waals surface area contributed by atoms with E-state index in [-0.39, 0.29) is 16.7 Å². The zero-order valence-electron chi connectivity index (χ0n) is 21.9. The van der Waals surface area contributed by atoms with Crippen LogP contribution >= 0.6 is 15.9 Å². The maximum atomic E-state index is 12.9. The van der Waals surface area contributed by atoms with Crippen LogP contribution in [0.4, 0.5) is 0 Å². The molecule has 1 aromatic heterocycles. The fourth-order valence-electron chi connectivity index (χ4n) is 3.77. The van der Waals surface area contributed by atoms with Gasteiger partial charge in [-0.2, -0.15) is 0 Å². The van der Waals surface area contributed by atoms with E-state index in [4.69, 9.17) is 13.6 Å². The maximum Gasteiger partial charge on any atom is 0.331 e. The molecule has 0 amide bonds. The molecule has 3 heterocycles. The predicted molar refractivity (Wildman–Crippen MR) is 142 cm³/mol. The summed E-state index contributed by atoms with van der Waals surface area (Å²) in [6, 6.07) is 1.32. The molecule has 1 aromatic rings. The molecule has 8 nitrogen and oxygen atoms in total. The van der Waals surface area contributed by atoms with Crippen molar-refractivity contribution in [1.82, 2.24) is 9.55 Å². The summed E-state index contributed by atoms with van der Waals surface area (Å²) in [4.78, 5) is 27.1. The van der Waals surface area contributed by atoms with Crippen LogP contribution in [-0.4, -0.2) is 56.2 Å². The Balaban J connectivity index is 2.08. The summed E-state index contributed by atoms with van der Waals surface area (Å²) in [5.41, 5.74) is -2.34. The first-order valence-electron chi connectivity index (χ1n) is 11.7. The third kappa shape index (κ3) is 4.53. The molecule has 0 aromatic carbocycles. The quantitative estimate of drug-likeness (QED) is 0.513. The van der Waals surface area contributed by atoms with Gasteiger partial charge in [-0.05, 0) is 42.3 Å². The largest absolute Gasteiger partial charge is 0.414 e. The molecule has 1 fully saturated rings. The standard InChI is InChI=1S/C23H39BrN2O6Si2/c1-21(2,3)33(7,8)30-13-15-18(32-34(9,10)22(4,5)6)19(28)23(31-15)16(24)11-14-12-17(27)25-20(29)26(14)23/h11-12,15,18-19,28H,13H2,1-10H3,(H,25,27,29)/t15-,18-,19+,23-/m1/s1. The molecule has 2 aliphatic rings. The smallest absolute Gasteiger partial charge is 0.331 e. The number of aromatic nitrogens is 2. The molecular formula is C23H39BrN2O6Si2. The number of aliphatic hydroxyl groups excluding tert-OH is 1. The third-order valence-corrected chi connectivity index (χ3v) is 17.8. The van der Waals surface area contributed by atoms with Gasteiger partial charge in [-0.1, -0.05) is 57.5 Å². The van der Waals surface area contributed by atoms with Crippen molar-refractivity contribution in [1.29, 1.82) is 0 Å². The molecule has 192 valence electrons. The van der Waals surface area contributed by atoms with E-state index in [0.717, 1.165) is 0 Å². The molecule has 11 heteroatoms. The summed E-state index contributed by atoms with van der Waals surface area (Å²) < 4.78 is 21.5. The molecule has 0 unspecified atom stereocenters. The van der Waals surface area contributed by atoms with Gasteiger partial charge in [0.25, 0.3) is 5.56 Å². The van der Waals surface area contributed by atoms with Crippen molar-refractivity contribution in [3.63, 3.8) is 0 Å². The van der Waals surface area contributed by atoms with Crippen molar-refractivity contribution >= 4 is 38.6 Å². The molecule has 4 atom stereocenters. The molecule has 2 aliphatic heterocycles. The first kappa shape index (κ1) is 27.8. The number of halogens is 1. The van der Waals surface area contributed by atoms with E-state index in [2.05, 4.69) is 88.6 Å². The Hall–Kier alpha value is -0.826. The van der Waals surface area contributed by atoms with E-state index in [0.29, 0.717) is 10.2 Å². The second-order valence-corrected chi connectivity index (χ2v) is 22.8. The number of hydrogen-bond acceptors (Lipinski definition) is 6. The minimum absolute atomic E-state index is 0.00540. The topological polar surface area (TPSA) is 103 Å². The lowest BCUT2D eigenvalue weighted by Gasteiger charge is -2.41. The first-order valence-corrected chi connectivity index (χ1v) is 18.3. The Morgan fingerprint density at radius 1 is 1.12 bits per heavy atom. The highest BCUT2D eigenvalue weighted by Gasteiger charge is 2.62. The van der Waals surface area contributed by atoms with Crippen LogP contribution in [-0.2, 0) is 19.3 Å². The number of ether oxygens (including phenoxy) is 1. The fraction of sp³-hybridized carbons (Fsp3) is 0.739. The van der Waals surface area contributed by atoms with Gasteiger partial charge in [0.15, 0.2) is 16.6 Å². The van der Waals surface area contributed by atoms with E-state index < -0.39 is 51.9 Å². The summed E-state index contributed by atoms with van der Waals surface area (Å²) in [6.07, 6.45) is -0.911. The van der Waals surface area contributed by atoms with E-state index in [1.54, 1.807) is 6.08 Å². The van der Waals surface area contributed by atoms with Gasteiger partial charge in [-0.3, -0.25) is 14.3 Å². The number of nitrogens with zero attached hydrogens (tertiary/aromatic N) is 1. The Bertz CT molecular complexity index is 1100. The van der Waals surface area contributed by atoms with E-state index in [1.165, 1.54) is 10.6 Å². The molecule has 1 saturated heterocycles. The number of aliphatic hydroxyl groups is 1. The fourth-order valence-corrected chi connectivity index (χ4v) is 6.84. The maximum absolute atomic E-state index is 12.9. The van der Waals surface area contributed by atoms with Crippen molar-refractivity contribution in [3.8, 4) is 0 Å². The zero-order chi connectivity index (χ0) is 26.1. The van der Waals surface area contributed by atoms with Gasteiger partial charge in [0, 0.05) is 6.07 Å². The molecule has 1 spiro atoms. The summed E-state index contributed by atoms with van der Waals surface area (Å²) >= 11 is 3.52. The summed E-state index contributed by atoms with van der Waals surface area (Å²) in [5.74, 6) is 0. The lowest BCUT2D eigenvalue weighted by molar-refractivity contribution is -0.113. The van der Waals surface area contributed by atoms with Crippen LogP contribution in [0.25, 0.3) is 6.08 Å². The number of fused-ring (bicyclic) bond motifs is 2. The molecule has 0 aliphatic carbocycles. The van der Waals surface area contributed by atoms with Crippen molar-refractivity contribution in [3.05, 3.63) is 37.1 Å². The third-order valence-electron chi connectivity index (χ3n) is 7.98. The van der Waals surface area contributed by atoms with Crippen molar-refractivity contribution in [2.24, 2.45) is 0 Å². The molecule has 0 saturated carbocycles. The molecule has 0 bridgehead atoms. The Kier molecular flexibility index (Phi) is 7.05. The summed E-state index contributed by atoms with van der Waals surface area (Å²) in [6.45, 7) is 21.7. The van der Waals surface area contributed by atoms with Crippen LogP contribution in [0.5, 0.6) is 0 Å². The van der Waals surface area contributed by atoms with Gasteiger partial charge in [-0.15, -0.1) is 0 Å². The number of hydrogen-bond donors (Lipinski definition) is 2. The number of rotatable bonds is 5. The van der Waals surface area contributed by atoms with Crippen LogP contribution in [0.1, 0.15) is 47.2 Å². The number of aromatic amines is 1. The Labute approximate surface area is 212 Å². The van der Waals surface area contributed by atoms with Crippen molar-refractivity contribution in [2.45, 2.75) is 102 Å². The number of H-pyrrole nitrogens is 1. The second-order valence-electron chi connectivity index (χ2n) is 12.4. The van der Waals surface area contributed by atoms with Crippen LogP contribution < -0.4 is 11.2 Å². The van der Waals surface area contributed by atoms with Crippen LogP contribution in [0, 0.1) is 0 Å². The van der Waals surface area contributed by atoms with Crippen molar-refractivity contribution < 1.29 is 18.7 Å². The minimum atomic E-state index is -2.33. The van der Waals surface area contributed by atoms with Gasteiger partial charge >= 0.3 is 5.69 Å². The molecule has 34 heavy (non-hydrogen) atoms. The van der Waals surface area contributed by atoms with E-state index >= 15 is 0 Å². The van der Waals surface area contributed by atoms with Gasteiger partial charge in [0.1, 0.15) is 18.3 Å². The Morgan fingerprint density at radius 2 is 1.68 bits per heavy atom. The average Bonchev–Trinajstić information content (AvgIpc) is 3.07. The highest BCUT2D eigenvalue weighted by Crippen LogP contribution is 2.50. The zero-order valence-corrected chi connectivity index (χ0v) is 25.5. The van der Waals surface area contributed by atoms with Crippen LogP contribution in [0.3, 0.4) is 0 Å². The van der Waals surface area contributed by atoms with Gasteiger partial charge in [0.2, 0.25) is 5.72 Å². The second kappa shape index (κ2) is 8.64. The Morgan fingerprint density at radius 3 is 2.21 bits per heavy atom. The molecule has 3 rings (SSSR count). The summed E-state index contributed by atoms with van der Waals surface area (Å²) in [7, 11) is -4.46. The average molecular weight is 576 g/mol. The van der Waals surface area contributed by atoms with Crippen molar-refractivity contribution in [2.75, 3.05) is 6.61 Å². The van der Waals surface area contributed by atoms with E-state index in [9.17, 15) is 14.7 Å². The predicted octanol–water partition coefficient (Wildman–Crippen LogP) is 4.11. The number of nitrogens with one attached hydrogen (secondary N) is 1. The summed E-state index contributed by atoms with van der Waals surface area (Å²) in [5, 5.41) is 11.6. The lowest BCUT2D eigenvalue weighted by atomic mass is 10.0. The monoisotopic (exact) mass is 574 g/mol. The molecule has 2 N–H and O–H groups in total. The van der Waals surface area contributed by atoms with Crippen LogP contribution in [0.2, 0.25) is 36.3 Å². The highest BCUT2D eigenvalue weighted by molar-refractivity contribution is 9.11. The van der Waals surface area contributed by atoms with Gasteiger partial charge in [0.05, 0.1) is 16.8 Å². The van der Waals surface area contributed by atoms with Gasteiger partial charge < -0.3 is 18.7 Å². The lowest BCUT2D eigenvalue weighted by Crippen LogP contribution is -2.54.